The molecule has 0 spiro atoms. The second-order valence-corrected chi connectivity index (χ2v) is 4.71. The van der Waals surface area contributed by atoms with Crippen LogP contribution in [0.2, 0.25) is 0 Å². The SMILES string of the molecule is COc1cc(/C=C2\SC(=O)NC2=S)ccc1O. The first-order valence-corrected chi connectivity index (χ1v) is 5.94. The third kappa shape index (κ3) is 2.59. The van der Waals surface area contributed by atoms with Gasteiger partial charge in [0.15, 0.2) is 11.5 Å². The van der Waals surface area contributed by atoms with E-state index in [0.717, 1.165) is 17.3 Å². The van der Waals surface area contributed by atoms with E-state index in [4.69, 9.17) is 17.0 Å². The van der Waals surface area contributed by atoms with Gasteiger partial charge in [-0.1, -0.05) is 18.3 Å². The molecule has 0 radical (unpaired) electrons. The lowest BCUT2D eigenvalue weighted by Crippen LogP contribution is -2.15. The molecule has 0 aromatic heterocycles. The van der Waals surface area contributed by atoms with Gasteiger partial charge in [0.1, 0.15) is 4.99 Å². The van der Waals surface area contributed by atoms with Gasteiger partial charge in [0.25, 0.3) is 5.24 Å². The zero-order valence-electron chi connectivity index (χ0n) is 8.89. The van der Waals surface area contributed by atoms with E-state index < -0.39 is 0 Å². The summed E-state index contributed by atoms with van der Waals surface area (Å²) in [7, 11) is 1.48. The molecule has 0 aliphatic carbocycles. The maximum absolute atomic E-state index is 11.1. The molecule has 6 heteroatoms. The molecule has 1 aliphatic rings. The third-order valence-corrected chi connectivity index (χ3v) is 3.42. The van der Waals surface area contributed by atoms with Gasteiger partial charge in [-0.05, 0) is 35.5 Å². The first-order valence-electron chi connectivity index (χ1n) is 4.72. The Labute approximate surface area is 108 Å². The number of rotatable bonds is 2. The normalized spacial score (nSPS) is 17.4. The molecule has 1 aromatic rings. The molecule has 1 aliphatic heterocycles. The number of phenolic OH excluding ortho intramolecular Hbond substituents is 1. The van der Waals surface area contributed by atoms with Gasteiger partial charge in [-0.25, -0.2) is 0 Å². The molecule has 1 heterocycles. The minimum atomic E-state index is -0.174. The summed E-state index contributed by atoms with van der Waals surface area (Å²) in [5, 5.41) is 11.8. The number of nitrogens with one attached hydrogen (secondary N) is 1. The third-order valence-electron chi connectivity index (χ3n) is 2.14. The number of thiocarbonyl (C=S) groups is 1. The van der Waals surface area contributed by atoms with Crippen LogP contribution >= 0.6 is 24.0 Å². The highest BCUT2D eigenvalue weighted by atomic mass is 32.2. The summed E-state index contributed by atoms with van der Waals surface area (Å²) in [6.45, 7) is 0. The van der Waals surface area contributed by atoms with Crippen molar-refractivity contribution in [1.82, 2.24) is 5.32 Å². The van der Waals surface area contributed by atoms with Crippen molar-refractivity contribution in [3.63, 3.8) is 0 Å². The molecule has 2 N–H and O–H groups in total. The Bertz CT molecular complexity index is 525. The lowest BCUT2D eigenvalue weighted by Gasteiger charge is -2.04. The van der Waals surface area contributed by atoms with E-state index in [1.807, 2.05) is 0 Å². The molecule has 0 atom stereocenters. The van der Waals surface area contributed by atoms with Gasteiger partial charge in [0.2, 0.25) is 0 Å². The minimum absolute atomic E-state index is 0.0745. The van der Waals surface area contributed by atoms with E-state index in [2.05, 4.69) is 5.32 Å². The number of ether oxygens (including phenoxy) is 1. The van der Waals surface area contributed by atoms with E-state index >= 15 is 0 Å². The molecule has 4 nitrogen and oxygen atoms in total. The molecular weight excluding hydrogens is 258 g/mol. The maximum atomic E-state index is 11.1. The summed E-state index contributed by atoms with van der Waals surface area (Å²) in [6.07, 6.45) is 1.77. The van der Waals surface area contributed by atoms with Crippen LogP contribution in [0.5, 0.6) is 11.5 Å². The number of hydrogen-bond donors (Lipinski definition) is 2. The van der Waals surface area contributed by atoms with Gasteiger partial charge in [-0.15, -0.1) is 0 Å². The maximum Gasteiger partial charge on any atom is 0.289 e. The highest BCUT2D eigenvalue weighted by Crippen LogP contribution is 2.30. The van der Waals surface area contributed by atoms with Crippen LogP contribution in [0.25, 0.3) is 6.08 Å². The number of hydrogen-bond acceptors (Lipinski definition) is 5. The number of phenols is 1. The predicted octanol–water partition coefficient (Wildman–Crippen LogP) is 2.53. The molecule has 1 amide bonds. The number of aromatic hydroxyl groups is 1. The average Bonchev–Trinajstić information content (AvgIpc) is 2.60. The second kappa shape index (κ2) is 4.77. The van der Waals surface area contributed by atoms with Crippen LogP contribution in [-0.2, 0) is 0 Å². The van der Waals surface area contributed by atoms with Gasteiger partial charge in [-0.2, -0.15) is 0 Å². The van der Waals surface area contributed by atoms with Crippen molar-refractivity contribution in [2.75, 3.05) is 7.11 Å². The molecular formula is C11H9NO3S2. The number of methoxy groups -OCH3 is 1. The van der Waals surface area contributed by atoms with Crippen LogP contribution < -0.4 is 10.1 Å². The van der Waals surface area contributed by atoms with Crippen LogP contribution in [0.15, 0.2) is 23.1 Å². The van der Waals surface area contributed by atoms with Crippen LogP contribution in [0.4, 0.5) is 4.79 Å². The number of carbonyl (C=O) groups excluding carboxylic acids is 1. The molecule has 0 saturated carbocycles. The molecule has 88 valence electrons. The van der Waals surface area contributed by atoms with Crippen LogP contribution in [0.3, 0.4) is 0 Å². The molecule has 1 aromatic carbocycles. The smallest absolute Gasteiger partial charge is 0.289 e. The number of amides is 1. The van der Waals surface area contributed by atoms with E-state index in [1.54, 1.807) is 18.2 Å². The standard InChI is InChI=1S/C11H9NO3S2/c1-15-8-4-6(2-3-7(8)13)5-9-10(16)12-11(14)17-9/h2-5,13H,1H3,(H,12,14,16)/b9-5-. The van der Waals surface area contributed by atoms with E-state index in [9.17, 15) is 9.90 Å². The molecule has 0 bridgehead atoms. The van der Waals surface area contributed by atoms with Crippen LogP contribution in [0.1, 0.15) is 5.56 Å². The van der Waals surface area contributed by atoms with E-state index in [-0.39, 0.29) is 11.0 Å². The van der Waals surface area contributed by atoms with E-state index in [1.165, 1.54) is 13.2 Å². The van der Waals surface area contributed by atoms with Gasteiger partial charge in [0, 0.05) is 0 Å². The quantitative estimate of drug-likeness (QED) is 0.637. The molecule has 1 fully saturated rings. The van der Waals surface area contributed by atoms with Crippen molar-refractivity contribution >= 4 is 40.3 Å². The van der Waals surface area contributed by atoms with Gasteiger partial charge >= 0.3 is 0 Å². The summed E-state index contributed by atoms with van der Waals surface area (Å²) >= 11 is 6.05. The summed E-state index contributed by atoms with van der Waals surface area (Å²) in [5.74, 6) is 0.457. The zero-order chi connectivity index (χ0) is 12.4. The average molecular weight is 267 g/mol. The largest absolute Gasteiger partial charge is 0.504 e. The summed E-state index contributed by atoms with van der Waals surface area (Å²) in [6, 6.07) is 4.92. The fraction of sp³-hybridized carbons (Fsp3) is 0.0909. The van der Waals surface area contributed by atoms with Crippen LogP contribution in [-0.4, -0.2) is 22.4 Å². The zero-order valence-corrected chi connectivity index (χ0v) is 10.5. The molecule has 1 saturated heterocycles. The van der Waals surface area contributed by atoms with Crippen molar-refractivity contribution in [1.29, 1.82) is 0 Å². The molecule has 2 rings (SSSR count). The van der Waals surface area contributed by atoms with E-state index in [0.29, 0.717) is 15.6 Å². The molecule has 0 unspecified atom stereocenters. The Kier molecular flexibility index (Phi) is 3.35. The first-order chi connectivity index (χ1) is 8.10. The highest BCUT2D eigenvalue weighted by Gasteiger charge is 2.21. The fourth-order valence-electron chi connectivity index (χ4n) is 1.36. The fourth-order valence-corrected chi connectivity index (χ4v) is 2.39. The number of thioether (sulfide) groups is 1. The lowest BCUT2D eigenvalue weighted by molar-refractivity contribution is 0.265. The van der Waals surface area contributed by atoms with Crippen molar-refractivity contribution < 1.29 is 14.6 Å². The lowest BCUT2D eigenvalue weighted by atomic mass is 10.2. The summed E-state index contributed by atoms with van der Waals surface area (Å²) in [4.78, 5) is 12.2. The Morgan fingerprint density at radius 3 is 2.88 bits per heavy atom. The monoisotopic (exact) mass is 267 g/mol. The van der Waals surface area contributed by atoms with Gasteiger partial charge < -0.3 is 15.2 Å². The summed E-state index contributed by atoms with van der Waals surface area (Å²) in [5.41, 5.74) is 0.806. The van der Waals surface area contributed by atoms with Crippen molar-refractivity contribution in [3.05, 3.63) is 28.7 Å². The number of carbonyl (C=O) groups is 1. The van der Waals surface area contributed by atoms with Crippen molar-refractivity contribution in [2.24, 2.45) is 0 Å². The second-order valence-electron chi connectivity index (χ2n) is 3.28. The first kappa shape index (κ1) is 11.9. The Balaban J connectivity index is 2.33. The van der Waals surface area contributed by atoms with Crippen molar-refractivity contribution in [3.8, 4) is 11.5 Å². The Hall–Kier alpha value is -1.53. The molecule has 17 heavy (non-hydrogen) atoms. The Morgan fingerprint density at radius 1 is 1.53 bits per heavy atom. The summed E-state index contributed by atoms with van der Waals surface area (Å²) < 4.78 is 5.00. The Morgan fingerprint density at radius 2 is 2.29 bits per heavy atom. The van der Waals surface area contributed by atoms with Gasteiger partial charge in [0.05, 0.1) is 12.0 Å². The van der Waals surface area contributed by atoms with Crippen LogP contribution in [0, 0.1) is 0 Å². The minimum Gasteiger partial charge on any atom is -0.504 e. The predicted molar refractivity (Wildman–Crippen MR) is 71.4 cm³/mol. The van der Waals surface area contributed by atoms with Gasteiger partial charge in [-0.3, -0.25) is 4.79 Å². The van der Waals surface area contributed by atoms with Crippen molar-refractivity contribution in [2.45, 2.75) is 0 Å². The topological polar surface area (TPSA) is 58.6 Å². The highest BCUT2D eigenvalue weighted by molar-refractivity contribution is 8.19. The number of benzene rings is 1.